The fourth-order valence-corrected chi connectivity index (χ4v) is 4.09. The molecule has 1 fully saturated rings. The third-order valence-corrected chi connectivity index (χ3v) is 5.57. The maximum absolute atomic E-state index is 12.5. The lowest BCUT2D eigenvalue weighted by atomic mass is 10.1. The van der Waals surface area contributed by atoms with Crippen LogP contribution in [0.15, 0.2) is 24.3 Å². The fourth-order valence-electron chi connectivity index (χ4n) is 3.18. The van der Waals surface area contributed by atoms with Crippen molar-refractivity contribution in [1.82, 2.24) is 30.6 Å². The summed E-state index contributed by atoms with van der Waals surface area (Å²) < 4.78 is 3.02. The van der Waals surface area contributed by atoms with E-state index in [0.717, 1.165) is 46.8 Å². The third-order valence-electron chi connectivity index (χ3n) is 4.54. The summed E-state index contributed by atoms with van der Waals surface area (Å²) in [5, 5.41) is 15.5. The number of para-hydroxylation sites is 1. The van der Waals surface area contributed by atoms with Gasteiger partial charge in [-0.15, -0.1) is 28.8 Å². The lowest BCUT2D eigenvalue weighted by molar-refractivity contribution is 0.0945. The van der Waals surface area contributed by atoms with Gasteiger partial charge in [-0.05, 0) is 45.0 Å². The Bertz CT molecular complexity index is 869. The number of carbonyl (C=O) groups is 1. The zero-order chi connectivity index (χ0) is 17.2. The number of thiazole rings is 1. The average Bonchev–Trinajstić information content (AvgIpc) is 3.23. The molecule has 9 heteroatoms. The zero-order valence-electron chi connectivity index (χ0n) is 14.4. The van der Waals surface area contributed by atoms with Crippen molar-refractivity contribution in [3.63, 3.8) is 0 Å². The summed E-state index contributed by atoms with van der Waals surface area (Å²) in [6.07, 6.45) is 2.02. The molecule has 138 valence electrons. The number of carbonyl (C=O) groups excluding carboxylic acids is 1. The molecular formula is C17H21ClN6OS. The zero-order valence-corrected chi connectivity index (χ0v) is 16.1. The molecule has 2 aromatic heterocycles. The predicted octanol–water partition coefficient (Wildman–Crippen LogP) is 2.47. The van der Waals surface area contributed by atoms with Crippen LogP contribution in [0.4, 0.5) is 0 Å². The van der Waals surface area contributed by atoms with Gasteiger partial charge in [-0.3, -0.25) is 4.79 Å². The van der Waals surface area contributed by atoms with E-state index >= 15 is 0 Å². The molecule has 0 radical (unpaired) electrons. The van der Waals surface area contributed by atoms with Crippen molar-refractivity contribution in [2.24, 2.45) is 0 Å². The predicted molar refractivity (Wildman–Crippen MR) is 104 cm³/mol. The SMILES string of the molecule is Cc1c(C(=O)NCc2nc3ccccc3s2)nnn1C1CCNCC1.Cl. The van der Waals surface area contributed by atoms with Gasteiger partial charge in [0.1, 0.15) is 5.01 Å². The van der Waals surface area contributed by atoms with Gasteiger partial charge >= 0.3 is 0 Å². The Hall–Kier alpha value is -2.03. The maximum Gasteiger partial charge on any atom is 0.274 e. The van der Waals surface area contributed by atoms with Gasteiger partial charge in [-0.2, -0.15) is 0 Å². The Balaban J connectivity index is 0.00000196. The first-order valence-corrected chi connectivity index (χ1v) is 9.29. The molecule has 1 aliphatic rings. The van der Waals surface area contributed by atoms with E-state index in [2.05, 4.69) is 25.9 Å². The highest BCUT2D eigenvalue weighted by Crippen LogP contribution is 2.22. The maximum atomic E-state index is 12.5. The summed E-state index contributed by atoms with van der Waals surface area (Å²) in [5.41, 5.74) is 2.19. The molecular weight excluding hydrogens is 372 g/mol. The molecule has 3 heterocycles. The standard InChI is InChI=1S/C17H20N6OS.ClH/c1-11-16(21-22-23(11)12-6-8-18-9-7-12)17(24)19-10-15-20-13-4-2-3-5-14(13)25-15;/h2-5,12,18H,6-10H2,1H3,(H,19,24);1H. The van der Waals surface area contributed by atoms with Crippen LogP contribution in [0.5, 0.6) is 0 Å². The molecule has 1 amide bonds. The number of rotatable bonds is 4. The minimum Gasteiger partial charge on any atom is -0.344 e. The molecule has 0 aliphatic carbocycles. The Morgan fingerprint density at radius 1 is 1.35 bits per heavy atom. The Labute approximate surface area is 161 Å². The van der Waals surface area contributed by atoms with Crippen LogP contribution in [-0.4, -0.2) is 39.0 Å². The summed E-state index contributed by atoms with van der Waals surface area (Å²) in [6, 6.07) is 8.29. The molecule has 0 spiro atoms. The average molecular weight is 393 g/mol. The first-order chi connectivity index (χ1) is 12.2. The van der Waals surface area contributed by atoms with Crippen LogP contribution in [0.25, 0.3) is 10.2 Å². The summed E-state index contributed by atoms with van der Waals surface area (Å²) >= 11 is 1.59. The van der Waals surface area contributed by atoms with Crippen LogP contribution >= 0.6 is 23.7 Å². The Morgan fingerprint density at radius 2 is 2.12 bits per heavy atom. The van der Waals surface area contributed by atoms with Gasteiger partial charge in [-0.25, -0.2) is 9.67 Å². The quantitative estimate of drug-likeness (QED) is 0.712. The number of halogens is 1. The Kier molecular flexibility index (Phi) is 5.85. The molecule has 4 rings (SSSR count). The second-order valence-electron chi connectivity index (χ2n) is 6.21. The smallest absolute Gasteiger partial charge is 0.274 e. The van der Waals surface area contributed by atoms with Gasteiger partial charge in [0.15, 0.2) is 5.69 Å². The van der Waals surface area contributed by atoms with Crippen molar-refractivity contribution in [3.8, 4) is 0 Å². The van der Waals surface area contributed by atoms with Crippen LogP contribution in [0.3, 0.4) is 0 Å². The monoisotopic (exact) mass is 392 g/mol. The minimum atomic E-state index is -0.197. The lowest BCUT2D eigenvalue weighted by Gasteiger charge is -2.23. The first kappa shape index (κ1) is 18.8. The van der Waals surface area contributed by atoms with Crippen LogP contribution < -0.4 is 10.6 Å². The molecule has 1 aromatic carbocycles. The number of aromatic nitrogens is 4. The van der Waals surface area contributed by atoms with E-state index in [0.29, 0.717) is 18.3 Å². The van der Waals surface area contributed by atoms with Crippen LogP contribution in [0, 0.1) is 6.92 Å². The molecule has 26 heavy (non-hydrogen) atoms. The molecule has 7 nitrogen and oxygen atoms in total. The van der Waals surface area contributed by atoms with E-state index in [1.807, 2.05) is 35.9 Å². The molecule has 0 bridgehead atoms. The largest absolute Gasteiger partial charge is 0.344 e. The Morgan fingerprint density at radius 3 is 2.88 bits per heavy atom. The highest BCUT2D eigenvalue weighted by molar-refractivity contribution is 7.18. The van der Waals surface area contributed by atoms with Crippen molar-refractivity contribution in [2.75, 3.05) is 13.1 Å². The lowest BCUT2D eigenvalue weighted by Crippen LogP contribution is -2.30. The van der Waals surface area contributed by atoms with Crippen molar-refractivity contribution < 1.29 is 4.79 Å². The normalized spacial score (nSPS) is 15.0. The van der Waals surface area contributed by atoms with E-state index in [1.54, 1.807) is 11.3 Å². The molecule has 2 N–H and O–H groups in total. The van der Waals surface area contributed by atoms with Gasteiger partial charge < -0.3 is 10.6 Å². The summed E-state index contributed by atoms with van der Waals surface area (Å²) in [5.74, 6) is -0.197. The van der Waals surface area contributed by atoms with Crippen LogP contribution in [0.2, 0.25) is 0 Å². The summed E-state index contributed by atoms with van der Waals surface area (Å²) in [4.78, 5) is 17.0. The van der Waals surface area contributed by atoms with Crippen molar-refractivity contribution in [1.29, 1.82) is 0 Å². The molecule has 0 atom stereocenters. The number of benzene rings is 1. The van der Waals surface area contributed by atoms with Gasteiger partial charge in [-0.1, -0.05) is 17.3 Å². The number of nitrogens with zero attached hydrogens (tertiary/aromatic N) is 4. The number of hydrogen-bond acceptors (Lipinski definition) is 6. The molecule has 0 saturated carbocycles. The molecule has 1 aliphatic heterocycles. The van der Waals surface area contributed by atoms with Gasteiger partial charge in [0.25, 0.3) is 5.91 Å². The minimum absolute atomic E-state index is 0. The molecule has 0 unspecified atom stereocenters. The topological polar surface area (TPSA) is 84.7 Å². The third kappa shape index (κ3) is 3.72. The fraction of sp³-hybridized carbons (Fsp3) is 0.412. The molecule has 1 saturated heterocycles. The second-order valence-corrected chi connectivity index (χ2v) is 7.32. The summed E-state index contributed by atoms with van der Waals surface area (Å²) in [6.45, 7) is 4.26. The van der Waals surface area contributed by atoms with Crippen molar-refractivity contribution in [2.45, 2.75) is 32.4 Å². The van der Waals surface area contributed by atoms with Gasteiger partial charge in [0.2, 0.25) is 0 Å². The summed E-state index contributed by atoms with van der Waals surface area (Å²) in [7, 11) is 0. The molecule has 3 aromatic rings. The van der Waals surface area contributed by atoms with E-state index < -0.39 is 0 Å². The van der Waals surface area contributed by atoms with E-state index in [-0.39, 0.29) is 18.3 Å². The number of hydrogen-bond donors (Lipinski definition) is 2. The number of piperidine rings is 1. The van der Waals surface area contributed by atoms with Crippen molar-refractivity contribution >= 4 is 39.9 Å². The first-order valence-electron chi connectivity index (χ1n) is 8.47. The highest BCUT2D eigenvalue weighted by Gasteiger charge is 2.22. The second kappa shape index (κ2) is 8.11. The van der Waals surface area contributed by atoms with Gasteiger partial charge in [0, 0.05) is 0 Å². The van der Waals surface area contributed by atoms with E-state index in [9.17, 15) is 4.79 Å². The van der Waals surface area contributed by atoms with Gasteiger partial charge in [0.05, 0.1) is 28.5 Å². The van der Waals surface area contributed by atoms with Crippen molar-refractivity contribution in [3.05, 3.63) is 40.7 Å². The number of nitrogens with one attached hydrogen (secondary N) is 2. The highest BCUT2D eigenvalue weighted by atomic mass is 35.5. The number of amides is 1. The van der Waals surface area contributed by atoms with Crippen LogP contribution in [-0.2, 0) is 6.54 Å². The van der Waals surface area contributed by atoms with E-state index in [4.69, 9.17) is 0 Å². The van der Waals surface area contributed by atoms with E-state index in [1.165, 1.54) is 0 Å². The number of fused-ring (bicyclic) bond motifs is 1. The van der Waals surface area contributed by atoms with Crippen LogP contribution in [0.1, 0.15) is 40.1 Å².